The number of ether oxygens (including phenoxy) is 5. The minimum atomic E-state index is -0.663. The molecular weight excluding hydrogens is 1180 g/mol. The highest BCUT2D eigenvalue weighted by atomic mass is 16.6. The predicted octanol–water partition coefficient (Wildman–Crippen LogP) is 7.45. The van der Waals surface area contributed by atoms with Gasteiger partial charge in [0, 0.05) is 180 Å². The van der Waals surface area contributed by atoms with Gasteiger partial charge in [-0.1, -0.05) is 0 Å². The largest absolute Gasteiger partial charge is 0.461 e. The van der Waals surface area contributed by atoms with Gasteiger partial charge in [-0.2, -0.15) is 0 Å². The SMILES string of the molecule is CC(=O)N1C(C)(C)CC(OC(=O)CN(CCN(CC(=O)OC2CC(C)(C)N(C(C)=O)C(C)(C)C2)CC(=O)OC2CC(C)(C)N(C(C)=O)C(C)(C)C2)CCN(CC(=O)OC2CC(C)(C)N(C(C)=O)C(C)(C)C2)CC(=O)OC2CC(C)(C)N(C(C)=O)C(C)(C)C2)CC1(C)C. The average molecular weight is 1300 g/mol. The summed E-state index contributed by atoms with van der Waals surface area (Å²) >= 11 is 0. The van der Waals surface area contributed by atoms with E-state index in [1.54, 1.807) is 14.7 Å². The van der Waals surface area contributed by atoms with Crippen LogP contribution in [0.25, 0.3) is 0 Å². The van der Waals surface area contributed by atoms with Crippen molar-refractivity contribution < 1.29 is 71.6 Å². The Bertz CT molecular complexity index is 2390. The Morgan fingerprint density at radius 1 is 0.250 bits per heavy atom. The molecule has 0 saturated carbocycles. The number of amides is 5. The van der Waals surface area contributed by atoms with Crippen molar-refractivity contribution in [1.82, 2.24) is 39.2 Å². The summed E-state index contributed by atoms with van der Waals surface area (Å²) in [5.41, 5.74) is -6.57. The van der Waals surface area contributed by atoms with Gasteiger partial charge in [-0.3, -0.25) is 62.6 Å². The van der Waals surface area contributed by atoms with E-state index in [4.69, 9.17) is 23.7 Å². The van der Waals surface area contributed by atoms with Crippen LogP contribution >= 0.6 is 0 Å². The van der Waals surface area contributed by atoms with Crippen molar-refractivity contribution in [2.24, 2.45) is 0 Å². The molecule has 23 heteroatoms. The maximum absolute atomic E-state index is 14.6. The Labute approximate surface area is 550 Å². The smallest absolute Gasteiger partial charge is 0.320 e. The first kappa shape index (κ1) is 77.3. The molecule has 92 heavy (non-hydrogen) atoms. The van der Waals surface area contributed by atoms with Crippen LogP contribution in [0.3, 0.4) is 0 Å². The van der Waals surface area contributed by atoms with Crippen LogP contribution in [0.15, 0.2) is 0 Å². The number of esters is 5. The fourth-order valence-electron chi connectivity index (χ4n) is 18.9. The lowest BCUT2D eigenvalue weighted by atomic mass is 9.78. The summed E-state index contributed by atoms with van der Waals surface area (Å²) in [5, 5.41) is 0. The van der Waals surface area contributed by atoms with Crippen molar-refractivity contribution in [3.63, 3.8) is 0 Å². The van der Waals surface area contributed by atoms with E-state index in [1.165, 1.54) is 34.6 Å². The molecule has 5 fully saturated rings. The van der Waals surface area contributed by atoms with Crippen molar-refractivity contribution in [3.8, 4) is 0 Å². The molecule has 5 amide bonds. The molecule has 5 saturated heterocycles. The molecule has 23 nitrogen and oxygen atoms in total. The number of nitrogens with zero attached hydrogens (tertiary/aromatic N) is 8. The Morgan fingerprint density at radius 3 is 0.500 bits per heavy atom. The van der Waals surface area contributed by atoms with Crippen LogP contribution in [-0.2, 0) is 71.6 Å². The standard InChI is InChI=1S/C69H118N8O15/c1-45(78)73-60(6,7)30-50(31-61(73,8)9)88-55(83)40-70(26-28-71(41-56(84)89-51-32-62(10,11)74(46(2)79)63(12,13)33-51)42-57(85)90-52-34-64(14,15)75(47(3)80)65(16,17)35-52)27-29-72(43-58(86)91-53-36-66(18,19)76(48(4)81)67(20,21)37-53)44-59(87)92-54-38-68(22,23)77(49(5)82)69(24,25)39-54/h50-54H,26-44H2,1-25H3. The van der Waals surface area contributed by atoms with Crippen LogP contribution in [0.2, 0.25) is 0 Å². The zero-order valence-electron chi connectivity index (χ0n) is 61.0. The first-order valence-electron chi connectivity index (χ1n) is 33.3. The van der Waals surface area contributed by atoms with E-state index >= 15 is 0 Å². The Balaban J connectivity index is 1.49. The van der Waals surface area contributed by atoms with E-state index in [2.05, 4.69) is 0 Å². The molecule has 0 radical (unpaired) electrons. The zero-order valence-corrected chi connectivity index (χ0v) is 61.0. The molecule has 524 valence electrons. The van der Waals surface area contributed by atoms with E-state index in [0.717, 1.165) is 0 Å². The molecule has 0 unspecified atom stereocenters. The number of carbonyl (C=O) groups excluding carboxylic acids is 10. The lowest BCUT2D eigenvalue weighted by molar-refractivity contribution is -0.172. The lowest BCUT2D eigenvalue weighted by Crippen LogP contribution is -2.64. The average Bonchev–Trinajstić information content (AvgIpc) is 0.805. The van der Waals surface area contributed by atoms with Gasteiger partial charge in [-0.15, -0.1) is 0 Å². The topological polar surface area (TPSA) is 243 Å². The molecule has 0 N–H and O–H groups in total. The Kier molecular flexibility index (Phi) is 23.6. The molecule has 0 spiro atoms. The summed E-state index contributed by atoms with van der Waals surface area (Å²) in [4.78, 5) is 151. The first-order valence-corrected chi connectivity index (χ1v) is 33.3. The Morgan fingerprint density at radius 2 is 0.370 bits per heavy atom. The van der Waals surface area contributed by atoms with Crippen LogP contribution < -0.4 is 0 Å². The number of likely N-dealkylation sites (tertiary alicyclic amines) is 5. The maximum Gasteiger partial charge on any atom is 0.320 e. The molecule has 5 rings (SSSR count). The van der Waals surface area contributed by atoms with Gasteiger partial charge >= 0.3 is 29.8 Å². The third-order valence-electron chi connectivity index (χ3n) is 19.6. The summed E-state index contributed by atoms with van der Waals surface area (Å²) < 4.78 is 31.3. The number of rotatable bonds is 21. The second-order valence-electron chi connectivity index (χ2n) is 33.7. The van der Waals surface area contributed by atoms with Crippen molar-refractivity contribution >= 4 is 59.4 Å². The lowest BCUT2D eigenvalue weighted by Gasteiger charge is -2.54. The minimum absolute atomic E-state index is 0.00717. The molecule has 0 aromatic heterocycles. The summed E-state index contributed by atoms with van der Waals surface area (Å²) in [6.07, 6.45) is 0.831. The summed E-state index contributed by atoms with van der Waals surface area (Å²) in [6.45, 7) is 44.8. The van der Waals surface area contributed by atoms with Gasteiger partial charge in [0.25, 0.3) is 0 Å². The van der Waals surface area contributed by atoms with Crippen LogP contribution in [-0.4, -0.2) is 243 Å². The summed E-state index contributed by atoms with van der Waals surface area (Å²) in [5.74, 6) is -3.52. The van der Waals surface area contributed by atoms with E-state index in [0.29, 0.717) is 64.2 Å². The number of hydrogen-bond donors (Lipinski definition) is 0. The van der Waals surface area contributed by atoms with Crippen LogP contribution in [0.1, 0.15) is 237 Å². The van der Waals surface area contributed by atoms with Gasteiger partial charge in [0.15, 0.2) is 0 Å². The molecule has 5 aliphatic heterocycles. The highest BCUT2D eigenvalue weighted by Crippen LogP contribution is 2.45. The Hall–Kier alpha value is -5.42. The predicted molar refractivity (Wildman–Crippen MR) is 348 cm³/mol. The molecular formula is C69H118N8O15. The number of hydrogen-bond acceptors (Lipinski definition) is 18. The van der Waals surface area contributed by atoms with Crippen molar-refractivity contribution in [1.29, 1.82) is 0 Å². The molecule has 0 aromatic carbocycles. The molecule has 0 atom stereocenters. The van der Waals surface area contributed by atoms with Crippen LogP contribution in [0.5, 0.6) is 0 Å². The van der Waals surface area contributed by atoms with Crippen LogP contribution in [0, 0.1) is 0 Å². The van der Waals surface area contributed by atoms with Gasteiger partial charge in [-0.25, -0.2) is 0 Å². The molecule has 0 aliphatic carbocycles. The molecule has 5 aliphatic rings. The highest BCUT2D eigenvalue weighted by Gasteiger charge is 2.53. The third-order valence-corrected chi connectivity index (χ3v) is 19.6. The van der Waals surface area contributed by atoms with Gasteiger partial charge in [0.2, 0.25) is 29.5 Å². The molecule has 0 aromatic rings. The monoisotopic (exact) mass is 1300 g/mol. The van der Waals surface area contributed by atoms with Crippen molar-refractivity contribution in [2.75, 3.05) is 58.9 Å². The molecule has 5 heterocycles. The minimum Gasteiger partial charge on any atom is -0.461 e. The fourth-order valence-corrected chi connectivity index (χ4v) is 18.9. The normalized spacial score (nSPS) is 23.4. The highest BCUT2D eigenvalue weighted by molar-refractivity contribution is 5.79. The van der Waals surface area contributed by atoms with Gasteiger partial charge in [0.05, 0.1) is 32.7 Å². The van der Waals surface area contributed by atoms with Crippen molar-refractivity contribution in [3.05, 3.63) is 0 Å². The van der Waals surface area contributed by atoms with E-state index in [9.17, 15) is 47.9 Å². The summed E-state index contributed by atoms with van der Waals surface area (Å²) in [7, 11) is 0. The maximum atomic E-state index is 14.6. The van der Waals surface area contributed by atoms with Gasteiger partial charge < -0.3 is 48.2 Å². The van der Waals surface area contributed by atoms with Gasteiger partial charge in [0.1, 0.15) is 30.5 Å². The first-order chi connectivity index (χ1) is 41.6. The van der Waals surface area contributed by atoms with Crippen molar-refractivity contribution in [2.45, 2.75) is 323 Å². The zero-order chi connectivity index (χ0) is 70.2. The molecule has 0 bridgehead atoms. The fraction of sp³-hybridized carbons (Fsp3) is 0.855. The van der Waals surface area contributed by atoms with E-state index in [-0.39, 0.29) is 88.4 Å². The van der Waals surface area contributed by atoms with E-state index < -0.39 is 116 Å². The second-order valence-corrected chi connectivity index (χ2v) is 33.7. The van der Waals surface area contributed by atoms with E-state index in [1.807, 2.05) is 163 Å². The quantitative estimate of drug-likeness (QED) is 0.0800. The summed E-state index contributed by atoms with van der Waals surface area (Å²) in [6, 6.07) is 0. The number of piperidine rings is 5. The van der Waals surface area contributed by atoms with Crippen LogP contribution in [0.4, 0.5) is 0 Å². The third kappa shape index (κ3) is 19.4. The van der Waals surface area contributed by atoms with Gasteiger partial charge in [-0.05, 0) is 138 Å². The number of carbonyl (C=O) groups is 10. The second kappa shape index (κ2) is 28.1.